The van der Waals surface area contributed by atoms with Gasteiger partial charge in [-0.15, -0.1) is 0 Å². The Morgan fingerprint density at radius 1 is 1.07 bits per heavy atom. The minimum Gasteiger partial charge on any atom is -0.445 e. The van der Waals surface area contributed by atoms with E-state index in [1.807, 2.05) is 30.3 Å². The van der Waals surface area contributed by atoms with Crippen LogP contribution >= 0.6 is 0 Å². The molecule has 2 atom stereocenters. The molecule has 0 spiro atoms. The van der Waals surface area contributed by atoms with Gasteiger partial charge >= 0.3 is 6.09 Å². The molecule has 0 aliphatic heterocycles. The van der Waals surface area contributed by atoms with Gasteiger partial charge in [-0.1, -0.05) is 36.4 Å². The number of benzene rings is 2. The van der Waals surface area contributed by atoms with Crippen LogP contribution in [0.2, 0.25) is 0 Å². The van der Waals surface area contributed by atoms with Crippen LogP contribution in [-0.4, -0.2) is 30.0 Å². The van der Waals surface area contributed by atoms with Gasteiger partial charge in [0.25, 0.3) is 0 Å². The number of nitrogens with one attached hydrogen (secondary N) is 1. The van der Waals surface area contributed by atoms with E-state index in [0.29, 0.717) is 5.56 Å². The van der Waals surface area contributed by atoms with Crippen molar-refractivity contribution in [2.75, 3.05) is 7.05 Å². The molecule has 0 fully saturated rings. The Kier molecular flexibility index (Phi) is 6.87. The Morgan fingerprint density at radius 2 is 1.74 bits per heavy atom. The number of carbonyl (C=O) groups excluding carboxylic acids is 2. The summed E-state index contributed by atoms with van der Waals surface area (Å²) in [4.78, 5) is 25.7. The summed E-state index contributed by atoms with van der Waals surface area (Å²) in [6, 6.07) is 11.3. The van der Waals surface area contributed by atoms with Gasteiger partial charge in [-0.2, -0.15) is 0 Å². The summed E-state index contributed by atoms with van der Waals surface area (Å²) in [5.41, 5.74) is 1.28. The SMILES string of the molecule is C[C@H](NC(=O)OCc1ccccc1)C(=O)N(C)[C@@H](C)c1ccc(F)c(F)c1. The van der Waals surface area contributed by atoms with Crippen molar-refractivity contribution in [2.45, 2.75) is 32.5 Å². The van der Waals surface area contributed by atoms with E-state index in [1.165, 1.54) is 24.9 Å². The zero-order chi connectivity index (χ0) is 20.0. The quantitative estimate of drug-likeness (QED) is 0.834. The number of nitrogens with zero attached hydrogens (tertiary/aromatic N) is 1. The monoisotopic (exact) mass is 376 g/mol. The summed E-state index contributed by atoms with van der Waals surface area (Å²) >= 11 is 0. The van der Waals surface area contributed by atoms with Gasteiger partial charge in [-0.05, 0) is 37.1 Å². The zero-order valence-electron chi connectivity index (χ0n) is 15.4. The fourth-order valence-electron chi connectivity index (χ4n) is 2.50. The second-order valence-electron chi connectivity index (χ2n) is 6.23. The third kappa shape index (κ3) is 5.51. The molecule has 0 aliphatic rings. The van der Waals surface area contributed by atoms with Crippen LogP contribution < -0.4 is 5.32 Å². The van der Waals surface area contributed by atoms with Gasteiger partial charge in [-0.3, -0.25) is 4.79 Å². The summed E-state index contributed by atoms with van der Waals surface area (Å²) in [5.74, 6) is -2.31. The standard InChI is InChI=1S/C20H22F2N2O3/c1-13(23-20(26)27-12-15-7-5-4-6-8-15)19(25)24(3)14(2)16-9-10-17(21)18(22)11-16/h4-11,13-14H,12H2,1-3H3,(H,23,26)/t13-,14-/m0/s1. The predicted octanol–water partition coefficient (Wildman–Crippen LogP) is 3.80. The van der Waals surface area contributed by atoms with Crippen LogP contribution in [0.5, 0.6) is 0 Å². The van der Waals surface area contributed by atoms with Gasteiger partial charge in [0.2, 0.25) is 5.91 Å². The fourth-order valence-corrected chi connectivity index (χ4v) is 2.50. The lowest BCUT2D eigenvalue weighted by Crippen LogP contribution is -2.46. The summed E-state index contributed by atoms with van der Waals surface area (Å²) in [6.45, 7) is 3.31. The Hall–Kier alpha value is -2.96. The highest BCUT2D eigenvalue weighted by Gasteiger charge is 2.24. The first-order valence-corrected chi connectivity index (χ1v) is 8.48. The van der Waals surface area contributed by atoms with Crippen molar-refractivity contribution in [3.8, 4) is 0 Å². The van der Waals surface area contributed by atoms with Gasteiger partial charge in [0.05, 0.1) is 6.04 Å². The van der Waals surface area contributed by atoms with Crippen molar-refractivity contribution in [3.63, 3.8) is 0 Å². The van der Waals surface area contributed by atoms with Crippen LogP contribution in [0.15, 0.2) is 48.5 Å². The molecule has 5 nitrogen and oxygen atoms in total. The van der Waals surface area contributed by atoms with Crippen molar-refractivity contribution in [1.29, 1.82) is 0 Å². The largest absolute Gasteiger partial charge is 0.445 e. The van der Waals surface area contributed by atoms with Crippen LogP contribution in [0.4, 0.5) is 13.6 Å². The summed E-state index contributed by atoms with van der Waals surface area (Å²) in [7, 11) is 1.53. The van der Waals surface area contributed by atoms with Crippen molar-refractivity contribution in [3.05, 3.63) is 71.3 Å². The number of amides is 2. The molecule has 2 aromatic rings. The van der Waals surface area contributed by atoms with Crippen LogP contribution in [0.1, 0.15) is 31.0 Å². The van der Waals surface area contributed by atoms with Gasteiger partial charge in [0.15, 0.2) is 11.6 Å². The highest BCUT2D eigenvalue weighted by Crippen LogP contribution is 2.21. The van der Waals surface area contributed by atoms with Crippen LogP contribution in [0.25, 0.3) is 0 Å². The highest BCUT2D eigenvalue weighted by atomic mass is 19.2. The number of hydrogen-bond acceptors (Lipinski definition) is 3. The molecule has 0 bridgehead atoms. The first kappa shape index (κ1) is 20.4. The van der Waals surface area contributed by atoms with Crippen LogP contribution in [0, 0.1) is 11.6 Å². The Balaban J connectivity index is 1.90. The third-order valence-corrected chi connectivity index (χ3v) is 4.27. The summed E-state index contributed by atoms with van der Waals surface area (Å²) < 4.78 is 31.6. The molecule has 0 aromatic heterocycles. The lowest BCUT2D eigenvalue weighted by atomic mass is 10.1. The van der Waals surface area contributed by atoms with Crippen molar-refractivity contribution >= 4 is 12.0 Å². The minimum atomic E-state index is -0.976. The zero-order valence-corrected chi connectivity index (χ0v) is 15.4. The van der Waals surface area contributed by atoms with Crippen molar-refractivity contribution < 1.29 is 23.1 Å². The van der Waals surface area contributed by atoms with E-state index in [-0.39, 0.29) is 12.5 Å². The molecular formula is C20H22F2N2O3. The molecule has 27 heavy (non-hydrogen) atoms. The topological polar surface area (TPSA) is 58.6 Å². The van der Waals surface area contributed by atoms with E-state index < -0.39 is 29.8 Å². The second kappa shape index (κ2) is 9.12. The number of ether oxygens (including phenoxy) is 1. The first-order chi connectivity index (χ1) is 12.8. The average molecular weight is 376 g/mol. The summed E-state index contributed by atoms with van der Waals surface area (Å²) in [5, 5.41) is 2.47. The third-order valence-electron chi connectivity index (χ3n) is 4.27. The number of halogens is 2. The van der Waals surface area contributed by atoms with Crippen molar-refractivity contribution in [1.82, 2.24) is 10.2 Å². The predicted molar refractivity (Wildman–Crippen MR) is 96.8 cm³/mol. The molecule has 0 unspecified atom stereocenters. The molecule has 0 saturated heterocycles. The highest BCUT2D eigenvalue weighted by molar-refractivity contribution is 5.85. The lowest BCUT2D eigenvalue weighted by molar-refractivity contribution is -0.133. The summed E-state index contributed by atoms with van der Waals surface area (Å²) in [6.07, 6.45) is -0.714. The molecule has 0 aliphatic carbocycles. The van der Waals surface area contributed by atoms with Crippen LogP contribution in [0.3, 0.4) is 0 Å². The molecule has 7 heteroatoms. The second-order valence-corrected chi connectivity index (χ2v) is 6.23. The Morgan fingerprint density at radius 3 is 2.37 bits per heavy atom. The Bertz CT molecular complexity index is 799. The number of rotatable bonds is 6. The molecule has 1 N–H and O–H groups in total. The molecule has 0 radical (unpaired) electrons. The molecule has 0 heterocycles. The van der Waals surface area contributed by atoms with E-state index in [4.69, 9.17) is 4.74 Å². The maximum atomic E-state index is 13.4. The first-order valence-electron chi connectivity index (χ1n) is 8.48. The molecule has 2 rings (SSSR count). The maximum Gasteiger partial charge on any atom is 0.408 e. The van der Waals surface area contributed by atoms with Crippen molar-refractivity contribution in [2.24, 2.45) is 0 Å². The van der Waals surface area contributed by atoms with E-state index in [1.54, 1.807) is 6.92 Å². The maximum absolute atomic E-state index is 13.4. The average Bonchev–Trinajstić information content (AvgIpc) is 2.67. The molecular weight excluding hydrogens is 354 g/mol. The van der Waals surface area contributed by atoms with Gasteiger partial charge < -0.3 is 15.0 Å². The minimum absolute atomic E-state index is 0.0919. The van der Waals surface area contributed by atoms with E-state index >= 15 is 0 Å². The fraction of sp³-hybridized carbons (Fsp3) is 0.300. The molecule has 144 valence electrons. The van der Waals surface area contributed by atoms with E-state index in [9.17, 15) is 18.4 Å². The van der Waals surface area contributed by atoms with Gasteiger partial charge in [0, 0.05) is 7.05 Å². The smallest absolute Gasteiger partial charge is 0.408 e. The number of carbonyl (C=O) groups is 2. The Labute approximate surface area is 156 Å². The number of hydrogen-bond donors (Lipinski definition) is 1. The number of alkyl carbamates (subject to hydrolysis) is 1. The molecule has 2 aromatic carbocycles. The normalized spacial score (nSPS) is 12.8. The lowest BCUT2D eigenvalue weighted by Gasteiger charge is -2.28. The van der Waals surface area contributed by atoms with Crippen LogP contribution in [-0.2, 0) is 16.1 Å². The van der Waals surface area contributed by atoms with E-state index in [0.717, 1.165) is 17.7 Å². The van der Waals surface area contributed by atoms with Gasteiger partial charge in [0.1, 0.15) is 12.6 Å². The number of likely N-dealkylation sites (N-methyl/N-ethyl adjacent to an activating group) is 1. The van der Waals surface area contributed by atoms with Gasteiger partial charge in [-0.25, -0.2) is 13.6 Å². The molecule has 0 saturated carbocycles. The van der Waals surface area contributed by atoms with E-state index in [2.05, 4.69) is 5.32 Å². The molecule has 2 amide bonds.